The smallest absolute Gasteiger partial charge is 0.120 e. The van der Waals surface area contributed by atoms with E-state index in [0.29, 0.717) is 0 Å². The fourth-order valence-corrected chi connectivity index (χ4v) is 2.26. The third kappa shape index (κ3) is 4.50. The summed E-state index contributed by atoms with van der Waals surface area (Å²) in [6.45, 7) is 4.03. The van der Waals surface area contributed by atoms with Gasteiger partial charge in [0.2, 0.25) is 0 Å². The minimum absolute atomic E-state index is 0.0622. The molecule has 1 unspecified atom stereocenters. The van der Waals surface area contributed by atoms with Gasteiger partial charge in [-0.3, -0.25) is 0 Å². The van der Waals surface area contributed by atoms with Crippen molar-refractivity contribution in [3.63, 3.8) is 0 Å². The Bertz CT molecular complexity index is 581. The van der Waals surface area contributed by atoms with Crippen LogP contribution in [0.25, 0.3) is 0 Å². The van der Waals surface area contributed by atoms with Gasteiger partial charge in [-0.15, -0.1) is 0 Å². The number of rotatable bonds is 6. The molecule has 0 aliphatic carbocycles. The van der Waals surface area contributed by atoms with Gasteiger partial charge in [-0.05, 0) is 55.7 Å². The Morgan fingerprint density at radius 2 is 1.71 bits per heavy atom. The summed E-state index contributed by atoms with van der Waals surface area (Å²) in [7, 11) is 1.67. The number of benzene rings is 2. The quantitative estimate of drug-likeness (QED) is 0.879. The predicted octanol–water partition coefficient (Wildman–Crippen LogP) is 3.72. The Kier molecular flexibility index (Phi) is 5.23. The van der Waals surface area contributed by atoms with Gasteiger partial charge in [-0.1, -0.05) is 24.3 Å². The van der Waals surface area contributed by atoms with Crippen LogP contribution in [0.2, 0.25) is 0 Å². The summed E-state index contributed by atoms with van der Waals surface area (Å²) in [5, 5.41) is 0. The van der Waals surface area contributed by atoms with Gasteiger partial charge in [0, 0.05) is 6.04 Å². The van der Waals surface area contributed by atoms with E-state index in [0.717, 1.165) is 29.0 Å². The summed E-state index contributed by atoms with van der Waals surface area (Å²) in [6, 6.07) is 16.0. The van der Waals surface area contributed by atoms with Gasteiger partial charge in [0.25, 0.3) is 0 Å². The molecule has 3 nitrogen and oxygen atoms in total. The van der Waals surface area contributed by atoms with Crippen LogP contribution in [0.5, 0.6) is 11.5 Å². The summed E-state index contributed by atoms with van der Waals surface area (Å²) in [4.78, 5) is 0. The first-order chi connectivity index (χ1) is 10.1. The van der Waals surface area contributed by atoms with Crippen molar-refractivity contribution >= 4 is 0 Å². The van der Waals surface area contributed by atoms with E-state index in [-0.39, 0.29) is 12.1 Å². The third-order valence-corrected chi connectivity index (χ3v) is 3.25. The SMILES string of the molecule is COc1cccc(CC(N)c2cccc(OC(C)C)c2)c1. The van der Waals surface area contributed by atoms with Crippen LogP contribution >= 0.6 is 0 Å². The first-order valence-corrected chi connectivity index (χ1v) is 7.23. The summed E-state index contributed by atoms with van der Waals surface area (Å²) in [5.74, 6) is 1.72. The molecular weight excluding hydrogens is 262 g/mol. The fourth-order valence-electron chi connectivity index (χ4n) is 2.26. The number of hydrogen-bond donors (Lipinski definition) is 1. The zero-order valence-electron chi connectivity index (χ0n) is 12.9. The highest BCUT2D eigenvalue weighted by atomic mass is 16.5. The van der Waals surface area contributed by atoms with Crippen LogP contribution in [0.3, 0.4) is 0 Å². The van der Waals surface area contributed by atoms with Crippen LogP contribution in [0.1, 0.15) is 31.0 Å². The molecule has 0 bridgehead atoms. The van der Waals surface area contributed by atoms with Crippen molar-refractivity contribution in [3.05, 3.63) is 59.7 Å². The second-order valence-corrected chi connectivity index (χ2v) is 5.40. The summed E-state index contributed by atoms with van der Waals surface area (Å²) < 4.78 is 11.0. The Morgan fingerprint density at radius 3 is 2.43 bits per heavy atom. The number of ether oxygens (including phenoxy) is 2. The highest BCUT2D eigenvalue weighted by molar-refractivity contribution is 5.33. The Morgan fingerprint density at radius 1 is 1.00 bits per heavy atom. The van der Waals surface area contributed by atoms with Crippen LogP contribution in [-0.4, -0.2) is 13.2 Å². The molecule has 0 amide bonds. The summed E-state index contributed by atoms with van der Waals surface area (Å²) in [6.07, 6.45) is 0.928. The first-order valence-electron chi connectivity index (χ1n) is 7.23. The van der Waals surface area contributed by atoms with E-state index in [1.165, 1.54) is 0 Å². The molecular formula is C18H23NO2. The van der Waals surface area contributed by atoms with E-state index in [1.807, 2.05) is 56.3 Å². The maximum atomic E-state index is 6.32. The highest BCUT2D eigenvalue weighted by Crippen LogP contribution is 2.23. The van der Waals surface area contributed by atoms with Crippen LogP contribution in [-0.2, 0) is 6.42 Å². The molecule has 0 fully saturated rings. The predicted molar refractivity (Wildman–Crippen MR) is 85.8 cm³/mol. The van der Waals surface area contributed by atoms with Gasteiger partial charge < -0.3 is 15.2 Å². The van der Waals surface area contributed by atoms with Crippen molar-refractivity contribution in [2.45, 2.75) is 32.4 Å². The van der Waals surface area contributed by atoms with E-state index in [9.17, 15) is 0 Å². The van der Waals surface area contributed by atoms with Crippen molar-refractivity contribution in [1.82, 2.24) is 0 Å². The second-order valence-electron chi connectivity index (χ2n) is 5.40. The molecule has 0 aliphatic heterocycles. The van der Waals surface area contributed by atoms with E-state index in [1.54, 1.807) is 7.11 Å². The molecule has 2 aromatic rings. The second kappa shape index (κ2) is 7.14. The van der Waals surface area contributed by atoms with E-state index < -0.39 is 0 Å². The minimum Gasteiger partial charge on any atom is -0.497 e. The van der Waals surface area contributed by atoms with Gasteiger partial charge in [0.1, 0.15) is 11.5 Å². The molecule has 3 heteroatoms. The van der Waals surface area contributed by atoms with Crippen LogP contribution in [0, 0.1) is 0 Å². The van der Waals surface area contributed by atoms with Gasteiger partial charge >= 0.3 is 0 Å². The molecule has 2 N–H and O–H groups in total. The number of hydrogen-bond acceptors (Lipinski definition) is 3. The van der Waals surface area contributed by atoms with Crippen molar-refractivity contribution in [3.8, 4) is 11.5 Å². The molecule has 0 aliphatic rings. The van der Waals surface area contributed by atoms with Crippen LogP contribution in [0.15, 0.2) is 48.5 Å². The zero-order chi connectivity index (χ0) is 15.2. The molecule has 112 valence electrons. The Balaban J connectivity index is 2.10. The molecule has 2 aromatic carbocycles. The van der Waals surface area contributed by atoms with Gasteiger partial charge in [0.15, 0.2) is 0 Å². The lowest BCUT2D eigenvalue weighted by molar-refractivity contribution is 0.242. The Labute approximate surface area is 126 Å². The van der Waals surface area contributed by atoms with E-state index in [4.69, 9.17) is 15.2 Å². The van der Waals surface area contributed by atoms with Gasteiger partial charge in [-0.2, -0.15) is 0 Å². The molecule has 0 saturated heterocycles. The molecule has 0 spiro atoms. The number of methoxy groups -OCH3 is 1. The molecule has 0 saturated carbocycles. The lowest BCUT2D eigenvalue weighted by Crippen LogP contribution is -2.14. The fraction of sp³-hybridized carbons (Fsp3) is 0.333. The standard InChI is InChI=1S/C18H23NO2/c1-13(2)21-17-9-5-7-15(12-17)18(19)11-14-6-4-8-16(10-14)20-3/h4-10,12-13,18H,11,19H2,1-3H3. The Hall–Kier alpha value is -2.00. The monoisotopic (exact) mass is 285 g/mol. The topological polar surface area (TPSA) is 44.5 Å². The largest absolute Gasteiger partial charge is 0.497 e. The molecule has 0 radical (unpaired) electrons. The van der Waals surface area contributed by atoms with Crippen molar-refractivity contribution < 1.29 is 9.47 Å². The molecule has 1 atom stereocenters. The maximum absolute atomic E-state index is 6.32. The van der Waals surface area contributed by atoms with Gasteiger partial charge in [-0.25, -0.2) is 0 Å². The van der Waals surface area contributed by atoms with Crippen LogP contribution in [0.4, 0.5) is 0 Å². The van der Waals surface area contributed by atoms with Crippen molar-refractivity contribution in [2.75, 3.05) is 7.11 Å². The number of nitrogens with two attached hydrogens (primary N) is 1. The lowest BCUT2D eigenvalue weighted by atomic mass is 9.99. The summed E-state index contributed by atoms with van der Waals surface area (Å²) >= 11 is 0. The average molecular weight is 285 g/mol. The normalized spacial score (nSPS) is 12.2. The van der Waals surface area contributed by atoms with Crippen molar-refractivity contribution in [2.24, 2.45) is 5.73 Å². The van der Waals surface area contributed by atoms with E-state index >= 15 is 0 Å². The lowest BCUT2D eigenvalue weighted by Gasteiger charge is -2.15. The zero-order valence-corrected chi connectivity index (χ0v) is 12.9. The molecule has 2 rings (SSSR count). The van der Waals surface area contributed by atoms with Gasteiger partial charge in [0.05, 0.1) is 13.2 Å². The molecule has 0 aromatic heterocycles. The maximum Gasteiger partial charge on any atom is 0.120 e. The molecule has 0 heterocycles. The van der Waals surface area contributed by atoms with E-state index in [2.05, 4.69) is 6.07 Å². The summed E-state index contributed by atoms with van der Waals surface area (Å²) in [5.41, 5.74) is 8.57. The van der Waals surface area contributed by atoms with Crippen molar-refractivity contribution in [1.29, 1.82) is 0 Å². The minimum atomic E-state index is -0.0622. The third-order valence-electron chi connectivity index (χ3n) is 3.25. The highest BCUT2D eigenvalue weighted by Gasteiger charge is 2.09. The van der Waals surface area contributed by atoms with Crippen LogP contribution < -0.4 is 15.2 Å². The molecule has 21 heavy (non-hydrogen) atoms. The average Bonchev–Trinajstić information content (AvgIpc) is 2.47. The first kappa shape index (κ1) is 15.4.